The molecule has 0 unspecified atom stereocenters. The number of aliphatic hydroxyl groups is 1. The van der Waals surface area contributed by atoms with E-state index in [1.807, 2.05) is 0 Å². The van der Waals surface area contributed by atoms with Crippen LogP contribution < -0.4 is 0 Å². The number of aldehydes is 1. The van der Waals surface area contributed by atoms with Crippen LogP contribution in [0.2, 0.25) is 0 Å². The second-order valence-electron chi connectivity index (χ2n) is 1.50. The first-order chi connectivity index (χ1) is 5.09. The van der Waals surface area contributed by atoms with Crippen molar-refractivity contribution >= 4 is 23.9 Å². The van der Waals surface area contributed by atoms with E-state index >= 15 is 0 Å². The van der Waals surface area contributed by atoms with Gasteiger partial charge in [0.15, 0.2) is 0 Å². The van der Waals surface area contributed by atoms with Crippen LogP contribution in [0.5, 0.6) is 0 Å². The molecule has 5 heteroatoms. The van der Waals surface area contributed by atoms with Crippen LogP contribution in [0.3, 0.4) is 0 Å². The molecule has 0 aromatic carbocycles. The van der Waals surface area contributed by atoms with E-state index in [-0.39, 0.29) is 5.03 Å². The van der Waals surface area contributed by atoms with E-state index in [1.54, 1.807) is 0 Å². The molecule has 0 radical (unpaired) electrons. The molecule has 0 atom stereocenters. The van der Waals surface area contributed by atoms with Gasteiger partial charge >= 0.3 is 5.97 Å². The third kappa shape index (κ3) is 3.42. The van der Waals surface area contributed by atoms with Gasteiger partial charge in [-0.3, -0.25) is 4.79 Å². The maximum absolute atomic E-state index is 9.99. The molecule has 4 nitrogen and oxygen atoms in total. The van der Waals surface area contributed by atoms with Crippen molar-refractivity contribution in [3.05, 3.63) is 22.9 Å². The van der Waals surface area contributed by atoms with Crippen molar-refractivity contribution in [3.8, 4) is 0 Å². The third-order valence-electron chi connectivity index (χ3n) is 0.750. The summed E-state index contributed by atoms with van der Waals surface area (Å²) in [5.41, 5.74) is 0. The predicted molar refractivity (Wildman–Crippen MR) is 38.3 cm³/mol. The predicted octanol–water partition coefficient (Wildman–Crippen LogP) is 0.835. The van der Waals surface area contributed by atoms with Crippen LogP contribution in [0.15, 0.2) is 22.9 Å². The zero-order valence-electron chi connectivity index (χ0n) is 5.32. The van der Waals surface area contributed by atoms with Crippen LogP contribution >= 0.6 is 11.6 Å². The Bertz CT molecular complexity index is 229. The first-order valence-electron chi connectivity index (χ1n) is 2.53. The molecular formula is C6H5ClO4. The molecule has 0 aromatic heterocycles. The highest BCUT2D eigenvalue weighted by atomic mass is 35.5. The Kier molecular flexibility index (Phi) is 3.98. The summed E-state index contributed by atoms with van der Waals surface area (Å²) in [6, 6.07) is 0. The highest BCUT2D eigenvalue weighted by Crippen LogP contribution is 2.07. The average Bonchev–Trinajstić information content (AvgIpc) is 1.98. The second-order valence-corrected chi connectivity index (χ2v) is 1.90. The van der Waals surface area contributed by atoms with E-state index < -0.39 is 11.7 Å². The number of allylic oxidation sites excluding steroid dienone is 3. The SMILES string of the molecule is O=CC=CC(Cl)=C(O)C(=O)O. The summed E-state index contributed by atoms with van der Waals surface area (Å²) in [4.78, 5) is 19.7. The van der Waals surface area contributed by atoms with Crippen LogP contribution in [0.4, 0.5) is 0 Å². The molecule has 0 aliphatic heterocycles. The lowest BCUT2D eigenvalue weighted by atomic mass is 10.4. The van der Waals surface area contributed by atoms with Gasteiger partial charge in [-0.05, 0) is 12.2 Å². The number of hydrogen-bond acceptors (Lipinski definition) is 3. The Balaban J connectivity index is 4.52. The maximum Gasteiger partial charge on any atom is 0.372 e. The highest BCUT2D eigenvalue weighted by molar-refractivity contribution is 6.33. The van der Waals surface area contributed by atoms with Crippen molar-refractivity contribution in [3.63, 3.8) is 0 Å². The molecule has 0 saturated heterocycles. The van der Waals surface area contributed by atoms with Crippen molar-refractivity contribution in [1.82, 2.24) is 0 Å². The van der Waals surface area contributed by atoms with Crippen molar-refractivity contribution in [2.75, 3.05) is 0 Å². The van der Waals surface area contributed by atoms with Crippen molar-refractivity contribution < 1.29 is 19.8 Å². The standard InChI is InChI=1S/C6H5ClO4/c7-4(2-1-3-8)5(9)6(10)11/h1-3,9H,(H,10,11). The number of hydrogen-bond donors (Lipinski definition) is 2. The molecule has 0 aliphatic carbocycles. The number of rotatable bonds is 3. The van der Waals surface area contributed by atoms with Gasteiger partial charge in [-0.25, -0.2) is 4.79 Å². The van der Waals surface area contributed by atoms with Gasteiger partial charge in [0.2, 0.25) is 5.76 Å². The van der Waals surface area contributed by atoms with Crippen molar-refractivity contribution in [2.24, 2.45) is 0 Å². The summed E-state index contributed by atoms with van der Waals surface area (Å²) in [7, 11) is 0. The summed E-state index contributed by atoms with van der Waals surface area (Å²) in [6.07, 6.45) is 2.37. The van der Waals surface area contributed by atoms with Crippen LogP contribution in [-0.2, 0) is 9.59 Å². The topological polar surface area (TPSA) is 74.6 Å². The Labute approximate surface area is 67.4 Å². The molecule has 0 aromatic rings. The summed E-state index contributed by atoms with van der Waals surface area (Å²) in [5, 5.41) is 16.4. The Morgan fingerprint density at radius 2 is 1.91 bits per heavy atom. The molecule has 0 aliphatic rings. The number of carbonyl (C=O) groups is 2. The highest BCUT2D eigenvalue weighted by Gasteiger charge is 2.07. The minimum Gasteiger partial charge on any atom is -0.501 e. The van der Waals surface area contributed by atoms with Crippen LogP contribution in [0.1, 0.15) is 0 Å². The largest absolute Gasteiger partial charge is 0.501 e. The molecule has 11 heavy (non-hydrogen) atoms. The molecular weight excluding hydrogens is 172 g/mol. The van der Waals surface area contributed by atoms with Gasteiger partial charge in [0.05, 0.1) is 5.03 Å². The molecule has 0 saturated carbocycles. The molecule has 0 amide bonds. The maximum atomic E-state index is 9.99. The first kappa shape index (κ1) is 9.71. The summed E-state index contributed by atoms with van der Waals surface area (Å²) in [6.45, 7) is 0. The summed E-state index contributed by atoms with van der Waals surface area (Å²) >= 11 is 5.21. The normalized spacial score (nSPS) is 12.8. The van der Waals surface area contributed by atoms with Gasteiger partial charge < -0.3 is 10.2 Å². The molecule has 0 heterocycles. The number of carboxylic acid groups (broad SMARTS) is 1. The lowest BCUT2D eigenvalue weighted by Gasteiger charge is -1.91. The van der Waals surface area contributed by atoms with Gasteiger partial charge in [0.25, 0.3) is 0 Å². The van der Waals surface area contributed by atoms with E-state index in [1.165, 1.54) is 0 Å². The van der Waals surface area contributed by atoms with Gasteiger partial charge in [0.1, 0.15) is 6.29 Å². The number of carbonyl (C=O) groups excluding carboxylic acids is 1. The molecule has 0 spiro atoms. The van der Waals surface area contributed by atoms with Crippen molar-refractivity contribution in [2.45, 2.75) is 0 Å². The zero-order chi connectivity index (χ0) is 8.85. The van der Waals surface area contributed by atoms with E-state index in [4.69, 9.17) is 21.8 Å². The summed E-state index contributed by atoms with van der Waals surface area (Å²) < 4.78 is 0. The summed E-state index contributed by atoms with van der Waals surface area (Å²) in [5.74, 6) is -2.52. The van der Waals surface area contributed by atoms with Gasteiger partial charge in [-0.2, -0.15) is 0 Å². The fourth-order valence-electron chi connectivity index (χ4n) is 0.305. The van der Waals surface area contributed by atoms with Crippen molar-refractivity contribution in [1.29, 1.82) is 0 Å². The lowest BCUT2D eigenvalue weighted by Crippen LogP contribution is -2.00. The second kappa shape index (κ2) is 4.51. The van der Waals surface area contributed by atoms with E-state index in [2.05, 4.69) is 0 Å². The van der Waals surface area contributed by atoms with Gasteiger partial charge in [-0.1, -0.05) is 11.6 Å². The first-order valence-corrected chi connectivity index (χ1v) is 2.91. The van der Waals surface area contributed by atoms with Gasteiger partial charge in [0, 0.05) is 0 Å². The van der Waals surface area contributed by atoms with Crippen LogP contribution in [-0.4, -0.2) is 22.5 Å². The Hall–Kier alpha value is -1.29. The molecule has 60 valence electrons. The lowest BCUT2D eigenvalue weighted by molar-refractivity contribution is -0.135. The fourth-order valence-corrected chi connectivity index (χ4v) is 0.458. The quantitative estimate of drug-likeness (QED) is 0.289. The zero-order valence-corrected chi connectivity index (χ0v) is 6.08. The van der Waals surface area contributed by atoms with Crippen LogP contribution in [0.25, 0.3) is 0 Å². The third-order valence-corrected chi connectivity index (χ3v) is 1.05. The fraction of sp³-hybridized carbons (Fsp3) is 0. The molecule has 2 N–H and O–H groups in total. The van der Waals surface area contributed by atoms with E-state index in [9.17, 15) is 9.59 Å². The number of aliphatic carboxylic acids is 1. The number of halogens is 1. The molecule has 0 fully saturated rings. The number of carboxylic acids is 1. The average molecular weight is 177 g/mol. The van der Waals surface area contributed by atoms with Gasteiger partial charge in [-0.15, -0.1) is 0 Å². The minimum atomic E-state index is -1.54. The molecule has 0 bridgehead atoms. The minimum absolute atomic E-state index is 0.385. The Morgan fingerprint density at radius 3 is 2.27 bits per heavy atom. The smallest absolute Gasteiger partial charge is 0.372 e. The number of aliphatic hydroxyl groups excluding tert-OH is 1. The Morgan fingerprint density at radius 1 is 1.36 bits per heavy atom. The van der Waals surface area contributed by atoms with E-state index in [0.29, 0.717) is 6.29 Å². The van der Waals surface area contributed by atoms with E-state index in [0.717, 1.165) is 12.2 Å². The van der Waals surface area contributed by atoms with Crippen LogP contribution in [0, 0.1) is 0 Å². The molecule has 0 rings (SSSR count). The monoisotopic (exact) mass is 176 g/mol.